The summed E-state index contributed by atoms with van der Waals surface area (Å²) in [5.74, 6) is 0.273. The van der Waals surface area contributed by atoms with Crippen LogP contribution in [0.3, 0.4) is 0 Å². The Morgan fingerprint density at radius 1 is 1.00 bits per heavy atom. The molecule has 3 aromatic carbocycles. The van der Waals surface area contributed by atoms with Gasteiger partial charge in [0.1, 0.15) is 5.75 Å². The third-order valence-electron chi connectivity index (χ3n) is 5.95. The summed E-state index contributed by atoms with van der Waals surface area (Å²) in [6.07, 6.45) is 1.95. The molecule has 0 bridgehead atoms. The zero-order chi connectivity index (χ0) is 23.3. The summed E-state index contributed by atoms with van der Waals surface area (Å²) in [7, 11) is 0. The lowest BCUT2D eigenvalue weighted by molar-refractivity contribution is -0.134. The minimum atomic E-state index is -0.275. The summed E-state index contributed by atoms with van der Waals surface area (Å²) in [6, 6.07) is 24.4. The molecule has 0 aliphatic carbocycles. The molecule has 1 saturated heterocycles. The lowest BCUT2D eigenvalue weighted by atomic mass is 9.99. The van der Waals surface area contributed by atoms with Crippen LogP contribution in [-0.4, -0.2) is 41.4 Å². The fraction of sp³-hybridized carbons (Fsp3) is 0.222. The topological polar surface area (TPSA) is 71.5 Å². The molecule has 7 heteroatoms. The minimum absolute atomic E-state index is 0.0796. The van der Waals surface area contributed by atoms with Crippen LogP contribution in [0.2, 0.25) is 0 Å². The largest absolute Gasteiger partial charge is 0.483 e. The normalized spacial score (nSPS) is 15.8. The van der Waals surface area contributed by atoms with E-state index in [1.165, 1.54) is 4.70 Å². The van der Waals surface area contributed by atoms with Gasteiger partial charge >= 0.3 is 0 Å². The summed E-state index contributed by atoms with van der Waals surface area (Å²) in [6.45, 7) is 1.24. The molecule has 172 valence electrons. The van der Waals surface area contributed by atoms with Crippen molar-refractivity contribution < 1.29 is 14.3 Å². The number of ether oxygens (including phenoxy) is 1. The molecule has 0 spiro atoms. The van der Waals surface area contributed by atoms with Gasteiger partial charge < -0.3 is 15.0 Å². The van der Waals surface area contributed by atoms with Crippen molar-refractivity contribution in [3.63, 3.8) is 0 Å². The molecular formula is C27H25N3O3S. The average Bonchev–Trinajstić information content (AvgIpc) is 3.33. The Hall–Kier alpha value is -3.71. The maximum absolute atomic E-state index is 13.0. The van der Waals surface area contributed by atoms with Crippen molar-refractivity contribution >= 4 is 39.1 Å². The number of benzene rings is 3. The molecule has 1 unspecified atom stereocenters. The van der Waals surface area contributed by atoms with E-state index in [0.29, 0.717) is 30.1 Å². The molecule has 2 heterocycles. The van der Waals surface area contributed by atoms with Gasteiger partial charge in [-0.05, 0) is 49.2 Å². The van der Waals surface area contributed by atoms with Gasteiger partial charge in [-0.3, -0.25) is 9.59 Å². The number of aromatic nitrogens is 1. The standard InChI is InChI=1S/C27H25N3O3S/c31-25(30-16-8-9-19(17-30)27-29-22-13-5-7-15-24(22)34-27)18-33-23-14-6-4-12-21(23)26(32)28-20-10-2-1-3-11-20/h1-7,10-15,19H,8-9,16-18H2,(H,28,32). The Balaban J connectivity index is 1.22. The quantitative estimate of drug-likeness (QED) is 0.412. The number of carbonyl (C=O) groups excluding carboxylic acids is 2. The van der Waals surface area contributed by atoms with Gasteiger partial charge in [0.05, 0.1) is 20.8 Å². The molecule has 1 atom stereocenters. The molecule has 1 aromatic heterocycles. The van der Waals surface area contributed by atoms with E-state index in [4.69, 9.17) is 9.72 Å². The van der Waals surface area contributed by atoms with Gasteiger partial charge in [0.15, 0.2) is 6.61 Å². The number of amides is 2. The van der Waals surface area contributed by atoms with Gasteiger partial charge in [-0.15, -0.1) is 11.3 Å². The highest BCUT2D eigenvalue weighted by molar-refractivity contribution is 7.18. The van der Waals surface area contributed by atoms with E-state index < -0.39 is 0 Å². The number of piperidine rings is 1. The average molecular weight is 472 g/mol. The second kappa shape index (κ2) is 10.1. The van der Waals surface area contributed by atoms with Gasteiger partial charge in [0, 0.05) is 24.7 Å². The number of likely N-dealkylation sites (tertiary alicyclic amines) is 1. The van der Waals surface area contributed by atoms with E-state index in [0.717, 1.165) is 23.4 Å². The van der Waals surface area contributed by atoms with E-state index in [2.05, 4.69) is 11.4 Å². The van der Waals surface area contributed by atoms with Crippen LogP contribution in [0.15, 0.2) is 78.9 Å². The van der Waals surface area contributed by atoms with E-state index >= 15 is 0 Å². The lowest BCUT2D eigenvalue weighted by Crippen LogP contribution is -2.41. The molecule has 6 nitrogen and oxygen atoms in total. The molecule has 2 amide bonds. The fourth-order valence-electron chi connectivity index (χ4n) is 4.20. The van der Waals surface area contributed by atoms with Gasteiger partial charge in [-0.25, -0.2) is 4.98 Å². The van der Waals surface area contributed by atoms with E-state index in [-0.39, 0.29) is 24.3 Å². The maximum Gasteiger partial charge on any atom is 0.260 e. The lowest BCUT2D eigenvalue weighted by Gasteiger charge is -2.31. The van der Waals surface area contributed by atoms with Gasteiger partial charge in [0.25, 0.3) is 11.8 Å². The number of para-hydroxylation sites is 3. The molecule has 0 radical (unpaired) electrons. The number of carbonyl (C=O) groups is 2. The molecule has 5 rings (SSSR count). The van der Waals surface area contributed by atoms with Crippen LogP contribution in [0, 0.1) is 0 Å². The molecule has 1 aliphatic heterocycles. The molecular weight excluding hydrogens is 446 g/mol. The van der Waals surface area contributed by atoms with Crippen molar-refractivity contribution in [2.75, 3.05) is 25.0 Å². The zero-order valence-electron chi connectivity index (χ0n) is 18.6. The van der Waals surface area contributed by atoms with Gasteiger partial charge in [-0.1, -0.05) is 42.5 Å². The first-order chi connectivity index (χ1) is 16.7. The van der Waals surface area contributed by atoms with Crippen molar-refractivity contribution in [2.45, 2.75) is 18.8 Å². The second-order valence-corrected chi connectivity index (χ2v) is 9.37. The Morgan fingerprint density at radius 3 is 2.62 bits per heavy atom. The highest BCUT2D eigenvalue weighted by atomic mass is 32.1. The summed E-state index contributed by atoms with van der Waals surface area (Å²) in [5.41, 5.74) is 2.11. The Kier molecular flexibility index (Phi) is 6.53. The Morgan fingerprint density at radius 2 is 1.76 bits per heavy atom. The molecule has 0 saturated carbocycles. The third kappa shape index (κ3) is 4.94. The third-order valence-corrected chi connectivity index (χ3v) is 7.15. The maximum atomic E-state index is 13.0. The van der Waals surface area contributed by atoms with Crippen LogP contribution >= 0.6 is 11.3 Å². The number of anilines is 1. The van der Waals surface area contributed by atoms with Crippen molar-refractivity contribution in [1.29, 1.82) is 0 Å². The van der Waals surface area contributed by atoms with E-state index in [9.17, 15) is 9.59 Å². The van der Waals surface area contributed by atoms with Crippen LogP contribution in [0.5, 0.6) is 5.75 Å². The van der Waals surface area contributed by atoms with Crippen LogP contribution < -0.4 is 10.1 Å². The molecule has 34 heavy (non-hydrogen) atoms. The predicted octanol–water partition coefficient (Wildman–Crippen LogP) is 5.33. The van der Waals surface area contributed by atoms with Crippen molar-refractivity contribution in [3.8, 4) is 5.75 Å². The predicted molar refractivity (Wildman–Crippen MR) is 135 cm³/mol. The van der Waals surface area contributed by atoms with Crippen LogP contribution in [0.25, 0.3) is 10.2 Å². The molecule has 1 N–H and O–H groups in total. The summed E-state index contributed by atoms with van der Waals surface area (Å²) in [5, 5.41) is 3.95. The number of hydrogen-bond donors (Lipinski definition) is 1. The van der Waals surface area contributed by atoms with Crippen LogP contribution in [0.1, 0.15) is 34.1 Å². The van der Waals surface area contributed by atoms with Crippen molar-refractivity contribution in [3.05, 3.63) is 89.4 Å². The molecule has 1 aliphatic rings. The van der Waals surface area contributed by atoms with Crippen LogP contribution in [0.4, 0.5) is 5.69 Å². The van der Waals surface area contributed by atoms with Crippen molar-refractivity contribution in [2.24, 2.45) is 0 Å². The number of hydrogen-bond acceptors (Lipinski definition) is 5. The highest BCUT2D eigenvalue weighted by Gasteiger charge is 2.27. The van der Waals surface area contributed by atoms with Gasteiger partial charge in [0.2, 0.25) is 0 Å². The number of fused-ring (bicyclic) bond motifs is 1. The Bertz CT molecular complexity index is 1270. The van der Waals surface area contributed by atoms with Crippen LogP contribution in [-0.2, 0) is 4.79 Å². The zero-order valence-corrected chi connectivity index (χ0v) is 19.5. The Labute approximate surface area is 202 Å². The van der Waals surface area contributed by atoms with E-state index in [1.54, 1.807) is 35.6 Å². The number of thiazole rings is 1. The number of nitrogens with one attached hydrogen (secondary N) is 1. The summed E-state index contributed by atoms with van der Waals surface area (Å²) >= 11 is 1.71. The van der Waals surface area contributed by atoms with Crippen molar-refractivity contribution in [1.82, 2.24) is 9.88 Å². The minimum Gasteiger partial charge on any atom is -0.483 e. The fourth-order valence-corrected chi connectivity index (χ4v) is 5.29. The first-order valence-corrected chi connectivity index (χ1v) is 12.2. The first kappa shape index (κ1) is 22.1. The summed E-state index contributed by atoms with van der Waals surface area (Å²) < 4.78 is 7.01. The monoisotopic (exact) mass is 471 g/mol. The number of rotatable bonds is 6. The second-order valence-electron chi connectivity index (χ2n) is 8.30. The first-order valence-electron chi connectivity index (χ1n) is 11.4. The number of nitrogens with zero attached hydrogens (tertiary/aromatic N) is 2. The van der Waals surface area contributed by atoms with Gasteiger partial charge in [-0.2, -0.15) is 0 Å². The summed E-state index contributed by atoms with van der Waals surface area (Å²) in [4.78, 5) is 32.4. The molecule has 4 aromatic rings. The SMILES string of the molecule is O=C(Nc1ccccc1)c1ccccc1OCC(=O)N1CCCC(c2nc3ccccc3s2)C1. The highest BCUT2D eigenvalue weighted by Crippen LogP contribution is 2.33. The molecule has 1 fully saturated rings. The van der Waals surface area contributed by atoms with E-state index in [1.807, 2.05) is 53.4 Å². The smallest absolute Gasteiger partial charge is 0.260 e.